The van der Waals surface area contributed by atoms with Crippen LogP contribution in [0.5, 0.6) is 5.75 Å². The predicted molar refractivity (Wildman–Crippen MR) is 110 cm³/mol. The largest absolute Gasteiger partial charge is 0.537 e. The molecule has 0 aliphatic carbocycles. The van der Waals surface area contributed by atoms with Crippen LogP contribution >= 0.6 is 0 Å². The van der Waals surface area contributed by atoms with Gasteiger partial charge >= 0.3 is 7.05 Å². The van der Waals surface area contributed by atoms with Gasteiger partial charge in [-0.3, -0.25) is 0 Å². The number of para-hydroxylation sites is 3. The van der Waals surface area contributed by atoms with Gasteiger partial charge in [0.2, 0.25) is 0 Å². The third-order valence-electron chi connectivity index (χ3n) is 4.68. The average Bonchev–Trinajstić information content (AvgIpc) is 3.15. The van der Waals surface area contributed by atoms with Crippen LogP contribution in [-0.2, 0) is 21.1 Å². The monoisotopic (exact) mass is 542 g/mol. The number of rotatable bonds is 3. The second-order valence-corrected chi connectivity index (χ2v) is 6.39. The van der Waals surface area contributed by atoms with E-state index in [1.807, 2.05) is 60.7 Å². The number of fused-ring (bicyclic) bond motifs is 1. The second-order valence-electron chi connectivity index (χ2n) is 6.39. The smallest absolute Gasteiger partial charge is 0.504 e. The van der Waals surface area contributed by atoms with Gasteiger partial charge in [0.05, 0.1) is 5.69 Å². The minimum atomic E-state index is -0.234. The molecule has 28 heavy (non-hydrogen) atoms. The first-order chi connectivity index (χ1) is 13.4. The van der Waals surface area contributed by atoms with E-state index >= 15 is 0 Å². The van der Waals surface area contributed by atoms with Crippen LogP contribution in [0.25, 0.3) is 11.3 Å². The number of benzene rings is 3. The van der Waals surface area contributed by atoms with Crippen LogP contribution in [0, 0.1) is 6.07 Å². The molecule has 1 aliphatic rings. The Labute approximate surface area is 179 Å². The molecule has 0 unspecified atom stereocenters. The topological polar surface area (TPSA) is 25.4 Å². The molecule has 5 heteroatoms. The summed E-state index contributed by atoms with van der Waals surface area (Å²) >= 11 is 0. The predicted octanol–water partition coefficient (Wildman–Crippen LogP) is 4.47. The summed E-state index contributed by atoms with van der Waals surface area (Å²) in [5.41, 5.74) is 5.09. The Bertz CT molecular complexity index is 1080. The SMILES string of the molecule is [Pt].[c-]1ccc(B2Oc3ccccc3N2c2ccccc2)cc1-c1ccccn1. The minimum absolute atomic E-state index is 0. The zero-order valence-corrected chi connectivity index (χ0v) is 17.2. The third kappa shape index (κ3) is 3.36. The number of nitrogens with zero attached hydrogens (tertiary/aromatic N) is 2. The van der Waals surface area contributed by atoms with E-state index in [1.165, 1.54) is 0 Å². The minimum Gasteiger partial charge on any atom is -0.537 e. The molecule has 0 amide bonds. The van der Waals surface area contributed by atoms with Crippen molar-refractivity contribution in [2.75, 3.05) is 4.81 Å². The molecule has 138 valence electrons. The van der Waals surface area contributed by atoms with Gasteiger partial charge < -0.3 is 14.4 Å². The Morgan fingerprint density at radius 3 is 2.46 bits per heavy atom. The first-order valence-corrected chi connectivity index (χ1v) is 8.93. The summed E-state index contributed by atoms with van der Waals surface area (Å²) in [4.78, 5) is 6.68. The van der Waals surface area contributed by atoms with Crippen LogP contribution in [0.1, 0.15) is 0 Å². The van der Waals surface area contributed by atoms with Crippen molar-refractivity contribution >= 4 is 23.9 Å². The molecule has 0 spiro atoms. The summed E-state index contributed by atoms with van der Waals surface area (Å²) in [6.45, 7) is 0. The summed E-state index contributed by atoms with van der Waals surface area (Å²) in [5, 5.41) is 0. The molecule has 1 aromatic heterocycles. The van der Waals surface area contributed by atoms with Gasteiger partial charge in [0.25, 0.3) is 0 Å². The standard InChI is InChI=1S/C23H16BN2O.Pt/c1-2-11-20(12-3-1)26-22-14-4-5-15-23(22)27-24(26)19-10-8-9-18(17-19)21-13-6-7-16-25-21;/h1-8,10-17H;/q-1;. The van der Waals surface area contributed by atoms with Gasteiger partial charge in [-0.15, -0.1) is 29.8 Å². The van der Waals surface area contributed by atoms with Crippen molar-refractivity contribution in [1.82, 2.24) is 4.98 Å². The number of hydrogen-bond acceptors (Lipinski definition) is 3. The summed E-state index contributed by atoms with van der Waals surface area (Å²) in [5.74, 6) is 0.888. The molecule has 1 aliphatic heterocycles. The fourth-order valence-electron chi connectivity index (χ4n) is 3.44. The maximum atomic E-state index is 6.34. The molecule has 0 bridgehead atoms. The van der Waals surface area contributed by atoms with Crippen LogP contribution in [0.3, 0.4) is 0 Å². The normalized spacial score (nSPS) is 12.1. The number of hydrogen-bond donors (Lipinski definition) is 0. The Morgan fingerprint density at radius 2 is 1.64 bits per heavy atom. The van der Waals surface area contributed by atoms with Crippen molar-refractivity contribution in [1.29, 1.82) is 0 Å². The summed E-state index contributed by atoms with van der Waals surface area (Å²) in [6, 6.07) is 33.8. The van der Waals surface area contributed by atoms with E-state index in [0.717, 1.165) is 33.8 Å². The van der Waals surface area contributed by atoms with Crippen LogP contribution in [0.4, 0.5) is 11.4 Å². The van der Waals surface area contributed by atoms with Crippen molar-refractivity contribution in [3.8, 4) is 17.0 Å². The Morgan fingerprint density at radius 1 is 0.857 bits per heavy atom. The number of aromatic nitrogens is 1. The second kappa shape index (κ2) is 8.04. The van der Waals surface area contributed by atoms with Crippen molar-refractivity contribution in [3.63, 3.8) is 0 Å². The van der Waals surface area contributed by atoms with Gasteiger partial charge in [-0.1, -0.05) is 47.9 Å². The van der Waals surface area contributed by atoms with E-state index in [-0.39, 0.29) is 28.1 Å². The van der Waals surface area contributed by atoms with E-state index < -0.39 is 0 Å². The van der Waals surface area contributed by atoms with E-state index in [0.29, 0.717) is 0 Å². The molecule has 2 heterocycles. The quantitative estimate of drug-likeness (QED) is 0.282. The first-order valence-electron chi connectivity index (χ1n) is 8.93. The molecule has 5 rings (SSSR count). The molecule has 0 radical (unpaired) electrons. The molecule has 0 saturated carbocycles. The molecule has 0 atom stereocenters. The Hall–Kier alpha value is -2.84. The molecule has 3 aromatic carbocycles. The van der Waals surface area contributed by atoms with E-state index in [1.54, 1.807) is 6.20 Å². The Balaban J connectivity index is 0.00000192. The van der Waals surface area contributed by atoms with Crippen molar-refractivity contribution < 1.29 is 25.7 Å². The maximum absolute atomic E-state index is 6.34. The summed E-state index contributed by atoms with van der Waals surface area (Å²) < 4.78 is 6.34. The van der Waals surface area contributed by atoms with E-state index in [2.05, 4.69) is 46.2 Å². The third-order valence-corrected chi connectivity index (χ3v) is 4.68. The fourth-order valence-corrected chi connectivity index (χ4v) is 3.44. The molecule has 0 fully saturated rings. The van der Waals surface area contributed by atoms with Gasteiger partial charge in [-0.2, -0.15) is 0 Å². The summed E-state index contributed by atoms with van der Waals surface area (Å²) in [6.07, 6.45) is 1.80. The zero-order valence-electron chi connectivity index (χ0n) is 14.9. The van der Waals surface area contributed by atoms with Crippen molar-refractivity contribution in [3.05, 3.63) is 103 Å². The average molecular weight is 542 g/mol. The van der Waals surface area contributed by atoms with Crippen LogP contribution in [0.15, 0.2) is 97.2 Å². The number of anilines is 2. The van der Waals surface area contributed by atoms with Crippen molar-refractivity contribution in [2.45, 2.75) is 0 Å². The van der Waals surface area contributed by atoms with E-state index in [9.17, 15) is 0 Å². The van der Waals surface area contributed by atoms with Crippen molar-refractivity contribution in [2.24, 2.45) is 0 Å². The van der Waals surface area contributed by atoms with Crippen LogP contribution in [-0.4, -0.2) is 12.0 Å². The molecular formula is C23H16BN2OPt-. The van der Waals surface area contributed by atoms with E-state index in [4.69, 9.17) is 4.65 Å². The first kappa shape index (κ1) is 18.5. The van der Waals surface area contributed by atoms with Gasteiger partial charge in [0.15, 0.2) is 0 Å². The zero-order chi connectivity index (χ0) is 18.1. The molecule has 0 N–H and O–H groups in total. The van der Waals surface area contributed by atoms with Gasteiger partial charge in [0.1, 0.15) is 5.75 Å². The van der Waals surface area contributed by atoms with Gasteiger partial charge in [-0.05, 0) is 36.0 Å². The number of pyridine rings is 1. The molecular weight excluding hydrogens is 526 g/mol. The molecule has 4 aromatic rings. The van der Waals surface area contributed by atoms with Crippen LogP contribution in [0.2, 0.25) is 0 Å². The van der Waals surface area contributed by atoms with Crippen LogP contribution < -0.4 is 14.9 Å². The maximum Gasteiger partial charge on any atom is 0.504 e. The van der Waals surface area contributed by atoms with Gasteiger partial charge in [-0.25, -0.2) is 0 Å². The molecule has 0 saturated heterocycles. The Kier molecular flexibility index (Phi) is 5.32. The fraction of sp³-hybridized carbons (Fsp3) is 0. The summed E-state index contributed by atoms with van der Waals surface area (Å²) in [7, 11) is -0.234. The molecule has 3 nitrogen and oxygen atoms in total. The van der Waals surface area contributed by atoms with Gasteiger partial charge in [0, 0.05) is 32.9 Å².